The van der Waals surface area contributed by atoms with Gasteiger partial charge in [0.1, 0.15) is 12.4 Å². The molecule has 0 fully saturated rings. The number of nitrogens with zero attached hydrogens (tertiary/aromatic N) is 4. The summed E-state index contributed by atoms with van der Waals surface area (Å²) in [5, 5.41) is 0. The summed E-state index contributed by atoms with van der Waals surface area (Å²) in [5.41, 5.74) is 2.41. The van der Waals surface area contributed by atoms with Gasteiger partial charge in [-0.1, -0.05) is 29.2 Å². The van der Waals surface area contributed by atoms with Crippen molar-refractivity contribution in [2.45, 2.75) is 13.5 Å². The molecule has 0 aliphatic rings. The van der Waals surface area contributed by atoms with Crippen molar-refractivity contribution in [3.05, 3.63) is 59.7 Å². The summed E-state index contributed by atoms with van der Waals surface area (Å²) in [6, 6.07) is 15.8. The molecule has 0 atom stereocenters. The molecule has 0 spiro atoms. The minimum absolute atomic E-state index is 0.549. The summed E-state index contributed by atoms with van der Waals surface area (Å²) in [6.07, 6.45) is 0. The molecule has 0 unspecified atom stereocenters. The second-order valence-corrected chi connectivity index (χ2v) is 10.6. The Kier molecular flexibility index (Phi) is 7.45. The standard InChI is InChI=1S/C20H31N4O2P/c1-17-10-8-9-11-18(17)16-25-19-12-14-20(15-13-19)26-21-27(22(2)3,23(4)5)24(6)7/h8-15H,16H2,1-7H3. The lowest BCUT2D eigenvalue weighted by atomic mass is 10.1. The Hall–Kier alpha value is -1.85. The molecule has 7 heteroatoms. The minimum atomic E-state index is -2.08. The molecule has 6 nitrogen and oxygen atoms in total. The van der Waals surface area contributed by atoms with E-state index in [0.29, 0.717) is 12.4 Å². The first-order chi connectivity index (χ1) is 12.8. The van der Waals surface area contributed by atoms with Crippen LogP contribution in [0.3, 0.4) is 0 Å². The molecule has 0 aliphatic carbocycles. The minimum Gasteiger partial charge on any atom is -0.489 e. The van der Waals surface area contributed by atoms with Gasteiger partial charge in [-0.05, 0) is 84.6 Å². The van der Waals surface area contributed by atoms with Crippen LogP contribution < -0.4 is 9.57 Å². The molecule has 0 bridgehead atoms. The molecule has 0 heterocycles. The monoisotopic (exact) mass is 390 g/mol. The van der Waals surface area contributed by atoms with Crippen molar-refractivity contribution in [3.8, 4) is 11.5 Å². The lowest BCUT2D eigenvalue weighted by Gasteiger charge is -2.39. The van der Waals surface area contributed by atoms with Gasteiger partial charge >= 0.3 is 0 Å². The maximum Gasteiger partial charge on any atom is 0.210 e. The molecule has 0 saturated heterocycles. The number of hydrogen-bond donors (Lipinski definition) is 0. The molecule has 0 aromatic heterocycles. The molecule has 2 rings (SSSR count). The van der Waals surface area contributed by atoms with Crippen molar-refractivity contribution in [3.63, 3.8) is 0 Å². The lowest BCUT2D eigenvalue weighted by molar-refractivity contribution is 0.302. The van der Waals surface area contributed by atoms with Crippen LogP contribution in [-0.4, -0.2) is 56.3 Å². The van der Waals surface area contributed by atoms with E-state index in [2.05, 4.69) is 38.0 Å². The second-order valence-electron chi connectivity index (χ2n) is 6.94. The van der Waals surface area contributed by atoms with E-state index in [-0.39, 0.29) is 0 Å². The molecule has 2 aromatic rings. The number of aryl methyl sites for hydroxylation is 1. The van der Waals surface area contributed by atoms with Gasteiger partial charge < -0.3 is 9.57 Å². The number of hydrogen-bond acceptors (Lipinski definition) is 3. The highest BCUT2D eigenvalue weighted by molar-refractivity contribution is 7.58. The van der Waals surface area contributed by atoms with E-state index in [9.17, 15) is 0 Å². The van der Waals surface area contributed by atoms with Crippen LogP contribution in [0, 0.1) is 6.92 Å². The molecule has 0 N–H and O–H groups in total. The maximum atomic E-state index is 5.88. The van der Waals surface area contributed by atoms with E-state index >= 15 is 0 Å². The summed E-state index contributed by atoms with van der Waals surface area (Å²) in [4.78, 5) is 10.4. The predicted molar refractivity (Wildman–Crippen MR) is 113 cm³/mol. The Labute approximate surface area is 163 Å². The van der Waals surface area contributed by atoms with Gasteiger partial charge in [0.05, 0.1) is 0 Å². The molecular formula is C20H31N4O2P. The Balaban J connectivity index is 2.09. The summed E-state index contributed by atoms with van der Waals surface area (Å²) in [6.45, 7) is 2.64. The summed E-state index contributed by atoms with van der Waals surface area (Å²) >= 11 is 0. The van der Waals surface area contributed by atoms with Gasteiger partial charge in [0.25, 0.3) is 0 Å². The van der Waals surface area contributed by atoms with Crippen molar-refractivity contribution >= 4 is 7.51 Å². The summed E-state index contributed by atoms with van der Waals surface area (Å²) < 4.78 is 12.2. The van der Waals surface area contributed by atoms with E-state index < -0.39 is 7.51 Å². The Morgan fingerprint density at radius 1 is 0.778 bits per heavy atom. The average Bonchev–Trinajstić information content (AvgIpc) is 2.61. The SMILES string of the molecule is Cc1ccccc1COc1ccc(ON=P(N(C)C)(N(C)C)N(C)C)cc1. The normalized spacial score (nSPS) is 11.9. The lowest BCUT2D eigenvalue weighted by Crippen LogP contribution is -2.31. The highest BCUT2D eigenvalue weighted by atomic mass is 31.2. The predicted octanol–water partition coefficient (Wildman–Crippen LogP) is 4.50. The van der Waals surface area contributed by atoms with Gasteiger partial charge in [-0.2, -0.15) is 0 Å². The van der Waals surface area contributed by atoms with Gasteiger partial charge in [0.15, 0.2) is 5.75 Å². The highest BCUT2D eigenvalue weighted by Crippen LogP contribution is 2.54. The van der Waals surface area contributed by atoms with E-state index in [1.54, 1.807) is 0 Å². The third-order valence-electron chi connectivity index (χ3n) is 4.35. The van der Waals surface area contributed by atoms with Crippen LogP contribution in [0.25, 0.3) is 0 Å². The quantitative estimate of drug-likeness (QED) is 0.490. The van der Waals surface area contributed by atoms with Crippen molar-refractivity contribution in [1.82, 2.24) is 14.0 Å². The molecule has 148 valence electrons. The van der Waals surface area contributed by atoms with Gasteiger partial charge in [0.2, 0.25) is 7.51 Å². The van der Waals surface area contributed by atoms with Crippen LogP contribution >= 0.6 is 7.51 Å². The number of benzene rings is 2. The molecular weight excluding hydrogens is 359 g/mol. The molecule has 0 radical (unpaired) electrons. The second kappa shape index (κ2) is 9.38. The largest absolute Gasteiger partial charge is 0.489 e. The first-order valence-corrected chi connectivity index (χ1v) is 10.5. The van der Waals surface area contributed by atoms with Crippen molar-refractivity contribution in [2.75, 3.05) is 42.3 Å². The Morgan fingerprint density at radius 3 is 1.81 bits per heavy atom. The van der Waals surface area contributed by atoms with Crippen LogP contribution in [0.5, 0.6) is 11.5 Å². The van der Waals surface area contributed by atoms with Gasteiger partial charge in [0, 0.05) is 0 Å². The Bertz CT molecular complexity index is 760. The van der Waals surface area contributed by atoms with E-state index in [4.69, 9.17) is 9.57 Å². The van der Waals surface area contributed by atoms with E-state index in [0.717, 1.165) is 5.75 Å². The fourth-order valence-electron chi connectivity index (χ4n) is 2.92. The Morgan fingerprint density at radius 2 is 1.30 bits per heavy atom. The third-order valence-corrected chi connectivity index (χ3v) is 7.87. The van der Waals surface area contributed by atoms with Crippen LogP contribution in [0.1, 0.15) is 11.1 Å². The smallest absolute Gasteiger partial charge is 0.210 e. The fourth-order valence-corrected chi connectivity index (χ4v) is 5.71. The zero-order chi connectivity index (χ0) is 20.0. The first-order valence-electron chi connectivity index (χ1n) is 8.87. The van der Waals surface area contributed by atoms with Gasteiger partial charge in [-0.3, -0.25) is 0 Å². The molecule has 2 aromatic carbocycles. The van der Waals surface area contributed by atoms with E-state index in [1.807, 2.05) is 78.7 Å². The molecule has 0 aliphatic heterocycles. The molecule has 27 heavy (non-hydrogen) atoms. The van der Waals surface area contributed by atoms with Crippen LogP contribution in [0.15, 0.2) is 53.4 Å². The van der Waals surface area contributed by atoms with Gasteiger partial charge in [-0.15, -0.1) is 0 Å². The first kappa shape index (κ1) is 21.5. The van der Waals surface area contributed by atoms with Crippen LogP contribution in [-0.2, 0) is 6.61 Å². The zero-order valence-corrected chi connectivity index (χ0v) is 18.3. The number of ether oxygens (including phenoxy) is 1. The molecule has 0 amide bonds. The van der Waals surface area contributed by atoms with Crippen molar-refractivity contribution < 1.29 is 9.57 Å². The maximum absolute atomic E-state index is 5.88. The third kappa shape index (κ3) is 5.11. The topological polar surface area (TPSA) is 40.5 Å². The van der Waals surface area contributed by atoms with Crippen molar-refractivity contribution in [2.24, 2.45) is 4.91 Å². The van der Waals surface area contributed by atoms with Crippen LogP contribution in [0.4, 0.5) is 0 Å². The van der Waals surface area contributed by atoms with Crippen LogP contribution in [0.2, 0.25) is 0 Å². The summed E-state index contributed by atoms with van der Waals surface area (Å²) in [5.74, 6) is 1.49. The van der Waals surface area contributed by atoms with Gasteiger partial charge in [-0.25, -0.2) is 14.0 Å². The van der Waals surface area contributed by atoms with E-state index in [1.165, 1.54) is 11.1 Å². The average molecular weight is 390 g/mol. The molecule has 0 saturated carbocycles. The highest BCUT2D eigenvalue weighted by Gasteiger charge is 2.29. The zero-order valence-electron chi connectivity index (χ0n) is 17.4. The summed E-state index contributed by atoms with van der Waals surface area (Å²) in [7, 11) is 10.0. The fraction of sp³-hybridized carbons (Fsp3) is 0.400. The number of rotatable bonds is 8. The van der Waals surface area contributed by atoms with Crippen molar-refractivity contribution in [1.29, 1.82) is 0 Å².